The predicted octanol–water partition coefficient (Wildman–Crippen LogP) is 4.44. The van der Waals surface area contributed by atoms with Crippen LogP contribution in [0.4, 0.5) is 5.82 Å². The van der Waals surface area contributed by atoms with E-state index in [0.29, 0.717) is 0 Å². The van der Waals surface area contributed by atoms with Gasteiger partial charge in [0.05, 0.1) is 19.9 Å². The summed E-state index contributed by atoms with van der Waals surface area (Å²) in [5.41, 5.74) is 5.24. The van der Waals surface area contributed by atoms with Crippen LogP contribution in [0.5, 0.6) is 11.5 Å². The van der Waals surface area contributed by atoms with E-state index in [0.717, 1.165) is 79.7 Å². The van der Waals surface area contributed by atoms with Crippen molar-refractivity contribution in [1.82, 2.24) is 19.5 Å². The first-order valence-electron chi connectivity index (χ1n) is 11.8. The van der Waals surface area contributed by atoms with Gasteiger partial charge in [0.2, 0.25) is 0 Å². The van der Waals surface area contributed by atoms with Crippen LogP contribution >= 0.6 is 0 Å². The van der Waals surface area contributed by atoms with Crippen molar-refractivity contribution in [2.24, 2.45) is 0 Å². The summed E-state index contributed by atoms with van der Waals surface area (Å²) in [6.45, 7) is 8.65. The monoisotopic (exact) mass is 437 g/mol. The van der Waals surface area contributed by atoms with Gasteiger partial charge in [-0.25, -0.2) is 4.98 Å². The molecule has 7 nitrogen and oxygen atoms in total. The first-order chi connectivity index (χ1) is 15.7. The van der Waals surface area contributed by atoms with Crippen LogP contribution in [0.2, 0.25) is 0 Å². The van der Waals surface area contributed by atoms with Gasteiger partial charge in [-0.05, 0) is 63.9 Å². The Hall–Kier alpha value is -2.80. The summed E-state index contributed by atoms with van der Waals surface area (Å²) in [7, 11) is 3.33. The molecule has 0 radical (unpaired) electrons. The summed E-state index contributed by atoms with van der Waals surface area (Å²) in [6.07, 6.45) is 5.59. The number of anilines is 1. The Morgan fingerprint density at radius 1 is 1.00 bits per heavy atom. The molecule has 1 N–H and O–H groups in total. The molecule has 0 spiro atoms. The molecule has 0 aliphatic heterocycles. The van der Waals surface area contributed by atoms with Crippen LogP contribution in [0.1, 0.15) is 44.4 Å². The first-order valence-corrected chi connectivity index (χ1v) is 11.8. The van der Waals surface area contributed by atoms with Crippen LogP contribution in [0, 0.1) is 0 Å². The number of hydrogen-bond donors (Lipinski definition) is 1. The summed E-state index contributed by atoms with van der Waals surface area (Å²) in [4.78, 5) is 7.44. The molecule has 0 unspecified atom stereocenters. The van der Waals surface area contributed by atoms with Gasteiger partial charge >= 0.3 is 0 Å². The molecule has 3 aromatic rings. The third-order valence-electron chi connectivity index (χ3n) is 6.36. The van der Waals surface area contributed by atoms with E-state index in [1.165, 1.54) is 24.1 Å². The number of benzene rings is 1. The topological polar surface area (TPSA) is 63.9 Å². The van der Waals surface area contributed by atoms with Gasteiger partial charge in [0.1, 0.15) is 17.3 Å². The minimum Gasteiger partial charge on any atom is -0.497 e. The molecule has 0 atom stereocenters. The number of methoxy groups -OCH3 is 2. The number of ether oxygens (including phenoxy) is 2. The summed E-state index contributed by atoms with van der Waals surface area (Å²) in [5, 5.41) is 8.67. The average Bonchev–Trinajstić information content (AvgIpc) is 3.27. The maximum atomic E-state index is 5.45. The SMILES string of the molecule is CCN(CC)CCCNc1c2c(nc3cc(-c4cc(OC)cc(OC)c4)nn13)CCCC2. The molecule has 32 heavy (non-hydrogen) atoms. The van der Waals surface area contributed by atoms with Crippen molar-refractivity contribution in [2.45, 2.75) is 46.0 Å². The molecule has 2 heterocycles. The molecule has 1 aliphatic rings. The second-order valence-electron chi connectivity index (χ2n) is 8.30. The fraction of sp³-hybridized carbons (Fsp3) is 0.520. The van der Waals surface area contributed by atoms with E-state index >= 15 is 0 Å². The van der Waals surface area contributed by atoms with Crippen molar-refractivity contribution in [1.29, 1.82) is 0 Å². The van der Waals surface area contributed by atoms with Gasteiger partial charge in [-0.1, -0.05) is 13.8 Å². The molecule has 0 saturated heterocycles. The zero-order chi connectivity index (χ0) is 22.5. The Bertz CT molecular complexity index is 1040. The highest BCUT2D eigenvalue weighted by Gasteiger charge is 2.20. The second kappa shape index (κ2) is 10.2. The molecule has 0 fully saturated rings. The smallest absolute Gasteiger partial charge is 0.158 e. The lowest BCUT2D eigenvalue weighted by Gasteiger charge is -2.21. The van der Waals surface area contributed by atoms with Crippen LogP contribution in [0.15, 0.2) is 24.3 Å². The van der Waals surface area contributed by atoms with E-state index in [-0.39, 0.29) is 0 Å². The van der Waals surface area contributed by atoms with Crippen LogP contribution in [0.3, 0.4) is 0 Å². The van der Waals surface area contributed by atoms with Gasteiger partial charge in [-0.15, -0.1) is 0 Å². The summed E-state index contributed by atoms with van der Waals surface area (Å²) in [6, 6.07) is 7.91. The zero-order valence-electron chi connectivity index (χ0n) is 19.8. The predicted molar refractivity (Wildman–Crippen MR) is 129 cm³/mol. The molecule has 1 aliphatic carbocycles. The van der Waals surface area contributed by atoms with Crippen LogP contribution in [-0.2, 0) is 12.8 Å². The van der Waals surface area contributed by atoms with E-state index in [4.69, 9.17) is 19.6 Å². The van der Waals surface area contributed by atoms with Gasteiger partial charge in [-0.2, -0.15) is 9.61 Å². The van der Waals surface area contributed by atoms with Gasteiger partial charge in [0.15, 0.2) is 5.65 Å². The number of aromatic nitrogens is 3. The van der Waals surface area contributed by atoms with Gasteiger partial charge < -0.3 is 19.7 Å². The summed E-state index contributed by atoms with van der Waals surface area (Å²) in [5.74, 6) is 2.60. The standard InChI is InChI=1S/C25H35N5O2/c1-5-29(6-2)13-9-12-26-25-21-10-7-8-11-22(21)27-24-17-23(28-30(24)25)18-14-19(31-3)16-20(15-18)32-4/h14-17,26H,5-13H2,1-4H3. The molecular formula is C25H35N5O2. The molecule has 172 valence electrons. The largest absolute Gasteiger partial charge is 0.497 e. The number of aryl methyl sites for hydroxylation is 1. The Morgan fingerprint density at radius 3 is 2.41 bits per heavy atom. The van der Waals surface area contributed by atoms with Crippen molar-refractivity contribution in [3.8, 4) is 22.8 Å². The van der Waals surface area contributed by atoms with Gasteiger partial charge in [-0.3, -0.25) is 0 Å². The minimum absolute atomic E-state index is 0.749. The van der Waals surface area contributed by atoms with Crippen molar-refractivity contribution in [2.75, 3.05) is 45.7 Å². The normalized spacial score (nSPS) is 13.4. The van der Waals surface area contributed by atoms with Gasteiger partial charge in [0.25, 0.3) is 0 Å². The fourth-order valence-corrected chi connectivity index (χ4v) is 4.48. The van der Waals surface area contributed by atoms with Crippen molar-refractivity contribution >= 4 is 11.5 Å². The van der Waals surface area contributed by atoms with E-state index in [1.807, 2.05) is 22.7 Å². The van der Waals surface area contributed by atoms with Crippen molar-refractivity contribution in [3.05, 3.63) is 35.5 Å². The Morgan fingerprint density at radius 2 is 1.72 bits per heavy atom. The highest BCUT2D eigenvalue weighted by molar-refractivity contribution is 5.69. The Balaban J connectivity index is 1.68. The molecule has 0 amide bonds. The number of rotatable bonds is 10. The number of hydrogen-bond acceptors (Lipinski definition) is 6. The quantitative estimate of drug-likeness (QED) is 0.473. The van der Waals surface area contributed by atoms with Gasteiger partial charge in [0, 0.05) is 35.5 Å². The molecule has 0 saturated carbocycles. The maximum absolute atomic E-state index is 5.45. The maximum Gasteiger partial charge on any atom is 0.158 e. The lowest BCUT2D eigenvalue weighted by atomic mass is 9.96. The van der Waals surface area contributed by atoms with Crippen LogP contribution in [0.25, 0.3) is 16.9 Å². The van der Waals surface area contributed by atoms with Crippen LogP contribution in [-0.4, -0.2) is 59.9 Å². The first kappa shape index (κ1) is 22.4. The minimum atomic E-state index is 0.749. The van der Waals surface area contributed by atoms with Crippen LogP contribution < -0.4 is 14.8 Å². The van der Waals surface area contributed by atoms with E-state index in [2.05, 4.69) is 30.1 Å². The molecule has 1 aromatic carbocycles. The highest BCUT2D eigenvalue weighted by atomic mass is 16.5. The van der Waals surface area contributed by atoms with Crippen molar-refractivity contribution in [3.63, 3.8) is 0 Å². The number of nitrogens with one attached hydrogen (secondary N) is 1. The van der Waals surface area contributed by atoms with E-state index in [1.54, 1.807) is 14.2 Å². The van der Waals surface area contributed by atoms with E-state index in [9.17, 15) is 0 Å². The lowest BCUT2D eigenvalue weighted by Crippen LogP contribution is -2.26. The molecule has 7 heteroatoms. The van der Waals surface area contributed by atoms with Crippen molar-refractivity contribution < 1.29 is 9.47 Å². The summed E-state index contributed by atoms with van der Waals surface area (Å²) >= 11 is 0. The Kier molecular flexibility index (Phi) is 7.15. The third kappa shape index (κ3) is 4.67. The molecular weight excluding hydrogens is 402 g/mol. The zero-order valence-corrected chi connectivity index (χ0v) is 19.8. The molecule has 2 aromatic heterocycles. The summed E-state index contributed by atoms with van der Waals surface area (Å²) < 4.78 is 12.9. The molecule has 4 rings (SSSR count). The third-order valence-corrected chi connectivity index (χ3v) is 6.36. The highest BCUT2D eigenvalue weighted by Crippen LogP contribution is 2.32. The Labute approximate surface area is 190 Å². The average molecular weight is 438 g/mol. The number of fused-ring (bicyclic) bond motifs is 2. The molecule has 0 bridgehead atoms. The fourth-order valence-electron chi connectivity index (χ4n) is 4.48. The second-order valence-corrected chi connectivity index (χ2v) is 8.30. The number of nitrogens with zero attached hydrogens (tertiary/aromatic N) is 4. The lowest BCUT2D eigenvalue weighted by molar-refractivity contribution is 0.303. The van der Waals surface area contributed by atoms with E-state index < -0.39 is 0 Å².